The first-order valence-electron chi connectivity index (χ1n) is 4.05. The first kappa shape index (κ1) is 13.8. The fourth-order valence-electron chi connectivity index (χ4n) is 0.932. The van der Waals surface area contributed by atoms with Crippen molar-refractivity contribution in [2.75, 3.05) is 0 Å². The van der Waals surface area contributed by atoms with Gasteiger partial charge in [0.15, 0.2) is 0 Å². The summed E-state index contributed by atoms with van der Waals surface area (Å²) in [6.07, 6.45) is 0. The fourth-order valence-corrected chi connectivity index (χ4v) is 10.1. The van der Waals surface area contributed by atoms with Crippen molar-refractivity contribution in [1.29, 1.82) is 10.5 Å². The summed E-state index contributed by atoms with van der Waals surface area (Å²) in [5.41, 5.74) is 0. The van der Waals surface area contributed by atoms with E-state index in [0.717, 1.165) is 8.94 Å². The Morgan fingerprint density at radius 1 is 0.714 bits per heavy atom. The van der Waals surface area contributed by atoms with Crippen molar-refractivity contribution < 1.29 is 0 Å². The summed E-state index contributed by atoms with van der Waals surface area (Å²) in [6, 6.07) is 4.53. The quantitative estimate of drug-likeness (QED) is 0.579. The summed E-state index contributed by atoms with van der Waals surface area (Å²) in [6.45, 7) is 0. The zero-order valence-corrected chi connectivity index (χ0v) is 13.1. The van der Waals surface area contributed by atoms with E-state index in [1.807, 2.05) is 0 Å². The molecule has 0 spiro atoms. The van der Waals surface area contributed by atoms with Crippen LogP contribution >= 0.6 is 0 Å². The molecule has 80 valence electrons. The second kappa shape index (κ2) is 4.52. The first-order valence-corrected chi connectivity index (χ1v) is 16.0. The molecular formula is C10H18N2Se2. The number of rotatable bonds is 2. The number of nitriles is 2. The normalized spacial score (nSPS) is 16.3. The maximum atomic E-state index is 9.13. The van der Waals surface area contributed by atoms with Gasteiger partial charge in [0.25, 0.3) is 0 Å². The summed E-state index contributed by atoms with van der Waals surface area (Å²) in [4.78, 5) is 0. The predicted octanol–water partition coefficient (Wildman–Crippen LogP) is 3.08. The monoisotopic (exact) mass is 326 g/mol. The summed E-state index contributed by atoms with van der Waals surface area (Å²) in [7, 11) is 0. The van der Waals surface area contributed by atoms with E-state index < -0.39 is 25.7 Å². The van der Waals surface area contributed by atoms with Gasteiger partial charge in [-0.1, -0.05) is 0 Å². The van der Waals surface area contributed by atoms with Crippen LogP contribution in [0.25, 0.3) is 0 Å². The third-order valence-electron chi connectivity index (χ3n) is 1.63. The third-order valence-corrected chi connectivity index (χ3v) is 8.67. The Hall–Kier alpha value is -0.241. The molecule has 0 saturated heterocycles. The molecule has 0 aliphatic carbocycles. The van der Waals surface area contributed by atoms with Gasteiger partial charge < -0.3 is 0 Å². The zero-order valence-electron chi connectivity index (χ0n) is 9.71. The molecule has 0 heterocycles. The average molecular weight is 324 g/mol. The van der Waals surface area contributed by atoms with Crippen molar-refractivity contribution in [3.8, 4) is 12.1 Å². The van der Waals surface area contributed by atoms with E-state index in [2.05, 4.69) is 47.1 Å². The van der Waals surface area contributed by atoms with Crippen molar-refractivity contribution in [1.82, 2.24) is 0 Å². The predicted molar refractivity (Wildman–Crippen MR) is 64.9 cm³/mol. The molecule has 0 radical (unpaired) electrons. The van der Waals surface area contributed by atoms with Crippen LogP contribution in [0.3, 0.4) is 0 Å². The molecule has 0 aliphatic heterocycles. The van der Waals surface area contributed by atoms with Crippen LogP contribution in [-0.4, -0.2) is 25.7 Å². The second-order valence-corrected chi connectivity index (χ2v) is 21.7. The Balaban J connectivity index is 5.68. The van der Waals surface area contributed by atoms with Gasteiger partial charge in [-0.15, -0.1) is 0 Å². The molecule has 0 aromatic rings. The summed E-state index contributed by atoms with van der Waals surface area (Å²) in [5, 5.41) is 18.3. The summed E-state index contributed by atoms with van der Waals surface area (Å²) >= 11 is -3.65. The SMILES string of the molecule is C[Se](C)(C)/C(C#N)=C(/C#N)[Se](C)(C)C. The molecule has 0 aromatic carbocycles. The second-order valence-electron chi connectivity index (χ2n) is 4.56. The van der Waals surface area contributed by atoms with Crippen LogP contribution in [0.4, 0.5) is 0 Å². The Morgan fingerprint density at radius 3 is 1.00 bits per heavy atom. The molecule has 0 amide bonds. The standard InChI is InChI=1S/C10H18N2Se2/c1-13(2,3)9(7-11)10(8-12)14(4,5)6/h1-6H3/b10-9-. The van der Waals surface area contributed by atoms with Crippen LogP contribution < -0.4 is 0 Å². The van der Waals surface area contributed by atoms with E-state index in [9.17, 15) is 0 Å². The van der Waals surface area contributed by atoms with E-state index in [0.29, 0.717) is 0 Å². The van der Waals surface area contributed by atoms with Gasteiger partial charge in [0.05, 0.1) is 0 Å². The molecule has 0 atom stereocenters. The van der Waals surface area contributed by atoms with E-state index in [1.54, 1.807) is 0 Å². The number of hydrogen-bond acceptors (Lipinski definition) is 2. The molecule has 2 nitrogen and oxygen atoms in total. The van der Waals surface area contributed by atoms with E-state index in [-0.39, 0.29) is 0 Å². The Labute approximate surface area is 92.1 Å². The maximum absolute atomic E-state index is 9.13. The van der Waals surface area contributed by atoms with Crippen molar-refractivity contribution >= 4 is 25.7 Å². The minimum atomic E-state index is -1.82. The van der Waals surface area contributed by atoms with Gasteiger partial charge in [0.2, 0.25) is 0 Å². The van der Waals surface area contributed by atoms with Crippen LogP contribution in [-0.2, 0) is 0 Å². The van der Waals surface area contributed by atoms with Crippen molar-refractivity contribution in [3.05, 3.63) is 8.94 Å². The zero-order chi connectivity index (χ0) is 11.6. The van der Waals surface area contributed by atoms with Crippen LogP contribution in [0.2, 0.25) is 34.9 Å². The van der Waals surface area contributed by atoms with Crippen LogP contribution in [0, 0.1) is 22.7 Å². The molecule has 0 rings (SSSR count). The van der Waals surface area contributed by atoms with Gasteiger partial charge in [-0.2, -0.15) is 0 Å². The summed E-state index contributed by atoms with van der Waals surface area (Å²) < 4.78 is 1.63. The number of nitrogens with zero attached hydrogens (tertiary/aromatic N) is 2. The molecule has 0 saturated carbocycles. The minimum absolute atomic E-state index is 0.816. The Bertz CT molecular complexity index is 295. The van der Waals surface area contributed by atoms with Gasteiger partial charge in [0, 0.05) is 0 Å². The van der Waals surface area contributed by atoms with Crippen LogP contribution in [0.5, 0.6) is 0 Å². The van der Waals surface area contributed by atoms with Gasteiger partial charge >= 0.3 is 92.2 Å². The van der Waals surface area contributed by atoms with Gasteiger partial charge in [-0.3, -0.25) is 0 Å². The molecule has 0 aromatic heterocycles. The summed E-state index contributed by atoms with van der Waals surface area (Å²) in [5.74, 6) is 12.8. The molecule has 0 aliphatic rings. The molecule has 0 fully saturated rings. The van der Waals surface area contributed by atoms with Crippen molar-refractivity contribution in [2.24, 2.45) is 0 Å². The molecule has 0 bridgehead atoms. The molecule has 0 unspecified atom stereocenters. The molecule has 0 N–H and O–H groups in total. The van der Waals surface area contributed by atoms with Crippen LogP contribution in [0.1, 0.15) is 0 Å². The van der Waals surface area contributed by atoms with Crippen molar-refractivity contribution in [3.63, 3.8) is 0 Å². The first-order chi connectivity index (χ1) is 6.14. The average Bonchev–Trinajstić information content (AvgIpc) is 1.94. The van der Waals surface area contributed by atoms with Crippen molar-refractivity contribution in [2.45, 2.75) is 34.9 Å². The van der Waals surface area contributed by atoms with Gasteiger partial charge in [-0.05, 0) is 0 Å². The fraction of sp³-hybridized carbons (Fsp3) is 0.600. The van der Waals surface area contributed by atoms with Gasteiger partial charge in [0.1, 0.15) is 0 Å². The van der Waals surface area contributed by atoms with E-state index >= 15 is 0 Å². The van der Waals surface area contributed by atoms with E-state index in [1.165, 1.54) is 0 Å². The third kappa shape index (κ3) is 3.49. The van der Waals surface area contributed by atoms with Gasteiger partial charge in [-0.25, -0.2) is 0 Å². The molecular weight excluding hydrogens is 306 g/mol. The molecule has 14 heavy (non-hydrogen) atoms. The molecule has 4 heteroatoms. The van der Waals surface area contributed by atoms with Crippen LogP contribution in [0.15, 0.2) is 8.94 Å². The Morgan fingerprint density at radius 2 is 0.929 bits per heavy atom. The number of hydrogen-bond donors (Lipinski definition) is 0. The number of allylic oxidation sites excluding steroid dienone is 2. The topological polar surface area (TPSA) is 47.6 Å². The van der Waals surface area contributed by atoms with E-state index in [4.69, 9.17) is 10.5 Å². The Kier molecular flexibility index (Phi) is 4.44.